The molecule has 0 aliphatic carbocycles. The molecule has 3 aromatic rings. The fourth-order valence-corrected chi connectivity index (χ4v) is 9.12. The average Bonchev–Trinajstić information content (AvgIpc) is 3.61. The Morgan fingerprint density at radius 2 is 1.69 bits per heavy atom. The summed E-state index contributed by atoms with van der Waals surface area (Å²) in [5.74, 6) is -1.19. The molecule has 0 bridgehead atoms. The molecule has 62 heavy (non-hydrogen) atoms. The lowest BCUT2D eigenvalue weighted by Gasteiger charge is -2.40. The Morgan fingerprint density at radius 1 is 0.903 bits per heavy atom. The number of hydrogen-bond donors (Lipinski definition) is 4. The molecule has 2 atom stereocenters. The second-order valence-corrected chi connectivity index (χ2v) is 16.7. The van der Waals surface area contributed by atoms with Crippen molar-refractivity contribution in [2.24, 2.45) is 11.7 Å². The number of hydrogen-bond acceptors (Lipinski definition) is 14. The van der Waals surface area contributed by atoms with Crippen LogP contribution >= 0.6 is 0 Å². The number of carbonyl (C=O) groups excluding carboxylic acids is 5. The molecular weight excluding hydrogens is 802 g/mol. The third-order valence-electron chi connectivity index (χ3n) is 12.7. The number of piperazine rings is 1. The molecule has 6 amide bonds. The van der Waals surface area contributed by atoms with Crippen molar-refractivity contribution in [2.45, 2.75) is 50.6 Å². The molecule has 0 spiro atoms. The number of likely N-dealkylation sites (N-methyl/N-ethyl adjacent to an activating group) is 1. The van der Waals surface area contributed by atoms with Crippen molar-refractivity contribution in [3.05, 3.63) is 53.5 Å². The Hall–Kier alpha value is -6.31. The Bertz CT molecular complexity index is 2200. The Balaban J connectivity index is 0.818. The normalized spacial score (nSPS) is 21.6. The van der Waals surface area contributed by atoms with Crippen molar-refractivity contribution in [2.75, 3.05) is 106 Å². The molecule has 0 radical (unpaired) electrons. The Labute approximate surface area is 359 Å². The highest BCUT2D eigenvalue weighted by molar-refractivity contribution is 6.04. The smallest absolute Gasteiger partial charge is 0.320 e. The maximum absolute atomic E-state index is 15.8. The number of imide groups is 1. The van der Waals surface area contributed by atoms with E-state index in [9.17, 15) is 24.0 Å². The second-order valence-electron chi connectivity index (χ2n) is 16.7. The van der Waals surface area contributed by atoms with Crippen LogP contribution in [0.2, 0.25) is 0 Å². The van der Waals surface area contributed by atoms with Crippen LogP contribution in [-0.2, 0) is 9.59 Å². The zero-order chi connectivity index (χ0) is 43.5. The van der Waals surface area contributed by atoms with Crippen LogP contribution in [0.4, 0.5) is 38.0 Å². The first-order valence-electron chi connectivity index (χ1n) is 21.4. The molecule has 330 valence electrons. The molecule has 8 rings (SSSR count). The summed E-state index contributed by atoms with van der Waals surface area (Å²) in [6, 6.07) is 9.56. The van der Waals surface area contributed by atoms with Crippen LogP contribution in [-0.4, -0.2) is 158 Å². The van der Waals surface area contributed by atoms with Gasteiger partial charge in [0.05, 0.1) is 24.4 Å². The van der Waals surface area contributed by atoms with Gasteiger partial charge in [0.1, 0.15) is 17.6 Å². The van der Waals surface area contributed by atoms with Crippen LogP contribution in [0.3, 0.4) is 0 Å². The molecule has 5 N–H and O–H groups in total. The van der Waals surface area contributed by atoms with E-state index in [1.165, 1.54) is 13.2 Å². The van der Waals surface area contributed by atoms with E-state index < -0.39 is 29.6 Å². The number of ether oxygens (including phenoxy) is 1. The van der Waals surface area contributed by atoms with Gasteiger partial charge in [0.15, 0.2) is 11.5 Å². The number of halogens is 1. The number of rotatable bonds is 12. The number of nitrogens with two attached hydrogens (primary N) is 1. The molecule has 0 saturated carbocycles. The number of nitrogens with zero attached hydrogens (tertiary/aromatic N) is 9. The topological polar surface area (TPSA) is 215 Å². The number of anilines is 5. The van der Waals surface area contributed by atoms with E-state index in [0.29, 0.717) is 73.8 Å². The molecule has 20 heteroatoms. The maximum Gasteiger partial charge on any atom is 0.320 e. The second kappa shape index (κ2) is 18.3. The quantitative estimate of drug-likeness (QED) is 0.191. The summed E-state index contributed by atoms with van der Waals surface area (Å²) in [4.78, 5) is 78.6. The van der Waals surface area contributed by atoms with Crippen LogP contribution in [0.25, 0.3) is 0 Å². The third-order valence-corrected chi connectivity index (χ3v) is 12.7. The SMILES string of the molecule is COc1cc(N2CCC(CN3CCN(c4ccc(Nc5nc(N6CCCC(N7CCN(C)C7=O)C6)nnc5C(N)=O)cc4F)CC3)CC2)ccc1C(=O)NC1CCC(=O)NC1=O. The van der Waals surface area contributed by atoms with Crippen molar-refractivity contribution in [3.8, 4) is 5.75 Å². The zero-order valence-corrected chi connectivity index (χ0v) is 35.1. The van der Waals surface area contributed by atoms with Gasteiger partial charge in [-0.2, -0.15) is 4.98 Å². The maximum atomic E-state index is 15.8. The summed E-state index contributed by atoms with van der Waals surface area (Å²) in [5.41, 5.74) is 7.64. The molecular formula is C42H54FN13O6. The number of piperidine rings is 3. The summed E-state index contributed by atoms with van der Waals surface area (Å²) in [7, 11) is 3.31. The van der Waals surface area contributed by atoms with Gasteiger partial charge >= 0.3 is 6.03 Å². The van der Waals surface area contributed by atoms with Gasteiger partial charge in [0, 0.05) is 103 Å². The van der Waals surface area contributed by atoms with Crippen molar-refractivity contribution in [1.29, 1.82) is 0 Å². The predicted molar refractivity (Wildman–Crippen MR) is 228 cm³/mol. The van der Waals surface area contributed by atoms with E-state index in [4.69, 9.17) is 10.5 Å². The minimum Gasteiger partial charge on any atom is -0.496 e. The highest BCUT2D eigenvalue weighted by Crippen LogP contribution is 2.32. The molecule has 6 heterocycles. The number of amides is 6. The fourth-order valence-electron chi connectivity index (χ4n) is 9.12. The molecule has 5 aliphatic rings. The fraction of sp³-hybridized carbons (Fsp3) is 0.524. The van der Waals surface area contributed by atoms with Crippen LogP contribution in [0.1, 0.15) is 59.4 Å². The Kier molecular flexibility index (Phi) is 12.5. The lowest BCUT2D eigenvalue weighted by atomic mass is 9.95. The van der Waals surface area contributed by atoms with E-state index in [1.54, 1.807) is 30.1 Å². The average molecular weight is 856 g/mol. The van der Waals surface area contributed by atoms with Gasteiger partial charge < -0.3 is 45.6 Å². The van der Waals surface area contributed by atoms with Gasteiger partial charge in [-0.3, -0.25) is 29.4 Å². The number of carbonyl (C=O) groups is 5. The first-order chi connectivity index (χ1) is 29.9. The van der Waals surface area contributed by atoms with E-state index in [0.717, 1.165) is 64.1 Å². The van der Waals surface area contributed by atoms with Crippen LogP contribution in [0.5, 0.6) is 5.75 Å². The number of nitrogens with one attached hydrogen (secondary N) is 3. The monoisotopic (exact) mass is 855 g/mol. The van der Waals surface area contributed by atoms with Gasteiger partial charge in [-0.25, -0.2) is 9.18 Å². The van der Waals surface area contributed by atoms with E-state index in [-0.39, 0.29) is 42.3 Å². The lowest BCUT2D eigenvalue weighted by Crippen LogP contribution is -2.52. The largest absolute Gasteiger partial charge is 0.496 e. The Morgan fingerprint density at radius 3 is 2.39 bits per heavy atom. The molecule has 2 unspecified atom stereocenters. The summed E-state index contributed by atoms with van der Waals surface area (Å²) < 4.78 is 21.3. The highest BCUT2D eigenvalue weighted by atomic mass is 19.1. The number of primary amides is 1. The highest BCUT2D eigenvalue weighted by Gasteiger charge is 2.36. The molecule has 5 fully saturated rings. The molecule has 5 saturated heterocycles. The summed E-state index contributed by atoms with van der Waals surface area (Å²) in [5, 5.41) is 16.3. The summed E-state index contributed by atoms with van der Waals surface area (Å²) in [6.07, 6.45) is 4.13. The first-order valence-corrected chi connectivity index (χ1v) is 21.4. The number of benzene rings is 2. The predicted octanol–water partition coefficient (Wildman–Crippen LogP) is 1.77. The van der Waals surface area contributed by atoms with Crippen molar-refractivity contribution < 1.29 is 33.1 Å². The zero-order valence-electron chi connectivity index (χ0n) is 35.1. The minimum absolute atomic E-state index is 0.00169. The van der Waals surface area contributed by atoms with Gasteiger partial charge in [-0.15, -0.1) is 10.2 Å². The van der Waals surface area contributed by atoms with E-state index in [2.05, 4.69) is 45.8 Å². The van der Waals surface area contributed by atoms with Gasteiger partial charge in [0.25, 0.3) is 11.8 Å². The molecule has 2 aromatic carbocycles. The van der Waals surface area contributed by atoms with Crippen molar-refractivity contribution in [1.82, 2.24) is 40.5 Å². The number of aromatic nitrogens is 3. The number of urea groups is 1. The molecule has 5 aliphatic heterocycles. The van der Waals surface area contributed by atoms with Crippen molar-refractivity contribution in [3.63, 3.8) is 0 Å². The summed E-state index contributed by atoms with van der Waals surface area (Å²) in [6.45, 7) is 8.15. The van der Waals surface area contributed by atoms with Crippen LogP contribution < -0.4 is 41.1 Å². The standard InChI is InChI=1S/C42H54FN13O6/c1-51-16-21-56(42(51)61)29-4-3-13-55(25-29)41-48-38(36(37(44)58)49-50-41)45-27-5-9-33(31(43)22-27)54-19-17-52(18-20-54)24-26-11-14-53(15-12-26)28-6-7-30(34(23-28)62-2)39(59)46-32-8-10-35(57)47-40(32)60/h5-7,9,22-23,26,29,32H,3-4,8,10-21,24-25H2,1-2H3,(H2,44,58)(H,46,59)(H,45,48,50)(H,47,57,60). The minimum atomic E-state index is -0.814. The van der Waals surface area contributed by atoms with Gasteiger partial charge in [0.2, 0.25) is 17.8 Å². The van der Waals surface area contributed by atoms with E-state index >= 15 is 4.39 Å². The van der Waals surface area contributed by atoms with E-state index in [1.807, 2.05) is 21.9 Å². The van der Waals surface area contributed by atoms with Gasteiger partial charge in [-0.05, 0) is 68.4 Å². The summed E-state index contributed by atoms with van der Waals surface area (Å²) >= 11 is 0. The van der Waals surface area contributed by atoms with Crippen LogP contribution in [0.15, 0.2) is 36.4 Å². The molecule has 1 aromatic heterocycles. The van der Waals surface area contributed by atoms with Gasteiger partial charge in [-0.1, -0.05) is 0 Å². The first kappa shape index (κ1) is 42.4. The van der Waals surface area contributed by atoms with Crippen LogP contribution in [0, 0.1) is 11.7 Å². The number of methoxy groups -OCH3 is 1. The lowest BCUT2D eigenvalue weighted by molar-refractivity contribution is -0.134. The third kappa shape index (κ3) is 9.29. The van der Waals surface area contributed by atoms with Crippen molar-refractivity contribution >= 4 is 58.5 Å². The molecule has 19 nitrogen and oxygen atoms in total.